The number of hydrogen-bond donors (Lipinski definition) is 0. The summed E-state index contributed by atoms with van der Waals surface area (Å²) in [5, 5.41) is 0. The van der Waals surface area contributed by atoms with Gasteiger partial charge in [-0.3, -0.25) is 0 Å². The number of rotatable bonds is 0. The van der Waals surface area contributed by atoms with Crippen molar-refractivity contribution in [2.24, 2.45) is 0 Å². The number of benzene rings is 1. The Balaban J connectivity index is 3.02. The van der Waals surface area contributed by atoms with Gasteiger partial charge < -0.3 is 0 Å². The second-order valence-electron chi connectivity index (χ2n) is 1.41. The van der Waals surface area contributed by atoms with Crippen molar-refractivity contribution < 1.29 is 0 Å². The normalized spacial score (nSPS) is 8.71. The van der Waals surface area contributed by atoms with Crippen LogP contribution in [0.4, 0.5) is 0 Å². The van der Waals surface area contributed by atoms with Gasteiger partial charge in [-0.05, 0) is 0 Å². The molecule has 1 aromatic rings. The summed E-state index contributed by atoms with van der Waals surface area (Å²) in [5.41, 5.74) is 0. The summed E-state index contributed by atoms with van der Waals surface area (Å²) in [6, 6.07) is 10.4. The monoisotopic (exact) mass is 154 g/mol. The molecule has 1 atom stereocenters. The summed E-state index contributed by atoms with van der Waals surface area (Å²) in [6.07, 6.45) is 0. The van der Waals surface area contributed by atoms with Crippen molar-refractivity contribution in [3.05, 3.63) is 30.3 Å². The Labute approximate surface area is 52.1 Å². The van der Waals surface area contributed by atoms with E-state index in [4.69, 9.17) is 0 Å². The summed E-state index contributed by atoms with van der Waals surface area (Å²) >= 11 is 1.67. The van der Waals surface area contributed by atoms with Crippen molar-refractivity contribution in [3.63, 3.8) is 0 Å². The molecular formula is C6H7As. The maximum absolute atomic E-state index is 2.11. The Morgan fingerprint density at radius 3 is 1.86 bits per heavy atom. The molecule has 0 nitrogen and oxygen atoms in total. The molecule has 0 radical (unpaired) electrons. The first-order valence-electron chi connectivity index (χ1n) is 2.20. The van der Waals surface area contributed by atoms with Gasteiger partial charge in [-0.2, -0.15) is 0 Å². The van der Waals surface area contributed by atoms with Gasteiger partial charge >= 0.3 is 51.5 Å². The van der Waals surface area contributed by atoms with Crippen molar-refractivity contribution in [2.45, 2.75) is 0 Å². The summed E-state index contributed by atoms with van der Waals surface area (Å²) in [7, 11) is 0. The van der Waals surface area contributed by atoms with Gasteiger partial charge in [-0.25, -0.2) is 0 Å². The molecular weight excluding hydrogens is 147 g/mol. The molecule has 0 aliphatic carbocycles. The van der Waals surface area contributed by atoms with Gasteiger partial charge in [0.2, 0.25) is 0 Å². The van der Waals surface area contributed by atoms with E-state index in [2.05, 4.69) is 24.3 Å². The van der Waals surface area contributed by atoms with E-state index in [1.807, 2.05) is 6.07 Å². The van der Waals surface area contributed by atoms with Crippen molar-refractivity contribution in [1.82, 2.24) is 0 Å². The first kappa shape index (κ1) is 4.93. The van der Waals surface area contributed by atoms with Crippen LogP contribution in [0.3, 0.4) is 0 Å². The molecule has 0 saturated heterocycles. The number of hydrogen-bond acceptors (Lipinski definition) is 0. The molecule has 0 aliphatic rings. The molecule has 0 amide bonds. The Kier molecular flexibility index (Phi) is 1.53. The van der Waals surface area contributed by atoms with Crippen LogP contribution in [0.15, 0.2) is 30.3 Å². The zero-order chi connectivity index (χ0) is 5.11. The topological polar surface area (TPSA) is 0 Å². The molecule has 0 bridgehead atoms. The van der Waals surface area contributed by atoms with Crippen LogP contribution in [0.2, 0.25) is 0 Å². The molecule has 1 heteroatoms. The van der Waals surface area contributed by atoms with E-state index in [0.29, 0.717) is 0 Å². The summed E-state index contributed by atoms with van der Waals surface area (Å²) in [6.45, 7) is 0. The SMILES string of the molecule is [AsH2]c1ccccc1. The quantitative estimate of drug-likeness (QED) is 0.459. The van der Waals surface area contributed by atoms with Crippen LogP contribution >= 0.6 is 0 Å². The predicted molar refractivity (Wildman–Crippen MR) is 34.6 cm³/mol. The van der Waals surface area contributed by atoms with Gasteiger partial charge in [0.1, 0.15) is 0 Å². The molecule has 0 fully saturated rings. The van der Waals surface area contributed by atoms with Crippen molar-refractivity contribution in [3.8, 4) is 0 Å². The van der Waals surface area contributed by atoms with E-state index in [0.717, 1.165) is 0 Å². The van der Waals surface area contributed by atoms with E-state index in [9.17, 15) is 0 Å². The zero-order valence-corrected chi connectivity index (χ0v) is 6.39. The predicted octanol–water partition coefficient (Wildman–Crippen LogP) is -0.0550. The molecule has 0 aromatic heterocycles. The van der Waals surface area contributed by atoms with Crippen LogP contribution in [-0.2, 0) is 0 Å². The van der Waals surface area contributed by atoms with E-state index in [1.54, 1.807) is 16.9 Å². The molecule has 0 aliphatic heterocycles. The second-order valence-corrected chi connectivity index (χ2v) is 2.81. The minimum atomic E-state index is 1.38. The van der Waals surface area contributed by atoms with Crippen molar-refractivity contribution in [1.29, 1.82) is 0 Å². The molecule has 0 heterocycles. The van der Waals surface area contributed by atoms with Crippen LogP contribution in [-0.4, -0.2) is 16.9 Å². The summed E-state index contributed by atoms with van der Waals surface area (Å²) in [5.74, 6) is 0. The van der Waals surface area contributed by atoms with E-state index in [-0.39, 0.29) is 0 Å². The van der Waals surface area contributed by atoms with Crippen LogP contribution in [0.1, 0.15) is 0 Å². The van der Waals surface area contributed by atoms with Crippen LogP contribution < -0.4 is 4.35 Å². The van der Waals surface area contributed by atoms with Gasteiger partial charge in [0.05, 0.1) is 0 Å². The average Bonchev–Trinajstić information content (AvgIpc) is 1.69. The Hall–Kier alpha value is -0.222. The fourth-order valence-electron chi connectivity index (χ4n) is 0.453. The van der Waals surface area contributed by atoms with Crippen molar-refractivity contribution >= 4 is 21.2 Å². The van der Waals surface area contributed by atoms with Gasteiger partial charge in [-0.15, -0.1) is 0 Å². The van der Waals surface area contributed by atoms with Crippen molar-refractivity contribution in [2.75, 3.05) is 0 Å². The van der Waals surface area contributed by atoms with Gasteiger partial charge in [0, 0.05) is 0 Å². The molecule has 1 aromatic carbocycles. The molecule has 1 unspecified atom stereocenters. The average molecular weight is 154 g/mol. The zero-order valence-electron chi connectivity index (χ0n) is 3.96. The van der Waals surface area contributed by atoms with E-state index < -0.39 is 0 Å². The molecule has 0 N–H and O–H groups in total. The summed E-state index contributed by atoms with van der Waals surface area (Å²) in [4.78, 5) is 0. The van der Waals surface area contributed by atoms with Gasteiger partial charge in [-0.1, -0.05) is 0 Å². The first-order valence-corrected chi connectivity index (χ1v) is 3.41. The second kappa shape index (κ2) is 2.18. The minimum absolute atomic E-state index is 1.38. The fraction of sp³-hybridized carbons (Fsp3) is 0. The third-order valence-electron chi connectivity index (χ3n) is 0.800. The Morgan fingerprint density at radius 1 is 1.00 bits per heavy atom. The van der Waals surface area contributed by atoms with Gasteiger partial charge in [0.15, 0.2) is 0 Å². The maximum atomic E-state index is 2.11. The third-order valence-corrected chi connectivity index (χ3v) is 1.61. The third kappa shape index (κ3) is 1.36. The Bertz CT molecular complexity index is 134. The van der Waals surface area contributed by atoms with E-state index >= 15 is 0 Å². The van der Waals surface area contributed by atoms with Crippen LogP contribution in [0, 0.1) is 0 Å². The molecule has 7 heavy (non-hydrogen) atoms. The molecule has 1 rings (SSSR count). The molecule has 0 saturated carbocycles. The van der Waals surface area contributed by atoms with Crippen LogP contribution in [0.5, 0.6) is 0 Å². The van der Waals surface area contributed by atoms with E-state index in [1.165, 1.54) is 4.35 Å². The Morgan fingerprint density at radius 2 is 1.57 bits per heavy atom. The first-order chi connectivity index (χ1) is 3.39. The van der Waals surface area contributed by atoms with Gasteiger partial charge in [0.25, 0.3) is 0 Å². The fourth-order valence-corrected chi connectivity index (χ4v) is 0.919. The summed E-state index contributed by atoms with van der Waals surface area (Å²) < 4.78 is 1.38. The molecule has 36 valence electrons. The van der Waals surface area contributed by atoms with Crippen LogP contribution in [0.25, 0.3) is 0 Å². The molecule has 0 spiro atoms. The standard InChI is InChI=1S/C6H7As/c7-6-4-2-1-3-5-6/h1-5H,7H2.